The summed E-state index contributed by atoms with van der Waals surface area (Å²) < 4.78 is 45.8. The van der Waals surface area contributed by atoms with E-state index in [1.165, 1.54) is 13.0 Å². The smallest absolute Gasteiger partial charge is 0.310 e. The van der Waals surface area contributed by atoms with Gasteiger partial charge in [-0.3, -0.25) is 14.6 Å². The third-order valence-electron chi connectivity index (χ3n) is 6.22. The molecule has 10 heteroatoms. The number of pyridine rings is 1. The number of ether oxygens (including phenoxy) is 2. The average molecular weight is 581 g/mol. The molecule has 1 N–H and O–H groups in total. The van der Waals surface area contributed by atoms with E-state index in [4.69, 9.17) is 13.9 Å². The number of hydrogen-bond donors (Lipinski definition) is 1. The van der Waals surface area contributed by atoms with Gasteiger partial charge in [0.2, 0.25) is 0 Å². The summed E-state index contributed by atoms with van der Waals surface area (Å²) >= 11 is -1.27. The first kappa shape index (κ1) is 30.2. The first-order valence-electron chi connectivity index (χ1n) is 13.2. The Bertz CT molecular complexity index is 1560. The molecule has 41 heavy (non-hydrogen) atoms. The zero-order chi connectivity index (χ0) is 29.7. The number of hydrogen-bond acceptors (Lipinski definition) is 8. The van der Waals surface area contributed by atoms with Crippen molar-refractivity contribution >= 4 is 34.1 Å². The molecule has 0 bridgehead atoms. The highest BCUT2D eigenvalue weighted by molar-refractivity contribution is 7.90. The van der Waals surface area contributed by atoms with Crippen LogP contribution in [0.4, 0.5) is 4.39 Å². The van der Waals surface area contributed by atoms with Crippen molar-refractivity contribution < 1.29 is 32.4 Å². The molecule has 0 aliphatic heterocycles. The lowest BCUT2D eigenvalue weighted by atomic mass is 10.0. The van der Waals surface area contributed by atoms with Gasteiger partial charge in [-0.1, -0.05) is 12.1 Å². The molecule has 0 fully saturated rings. The van der Waals surface area contributed by atoms with Crippen molar-refractivity contribution in [3.63, 3.8) is 0 Å². The van der Waals surface area contributed by atoms with E-state index in [-0.39, 0.29) is 32.0 Å². The summed E-state index contributed by atoms with van der Waals surface area (Å²) in [4.78, 5) is 28.5. The fourth-order valence-electron chi connectivity index (χ4n) is 4.16. The van der Waals surface area contributed by atoms with Gasteiger partial charge in [-0.15, -0.1) is 4.72 Å². The Morgan fingerprint density at radius 2 is 1.90 bits per heavy atom. The maximum absolute atomic E-state index is 14.2. The molecule has 2 aromatic heterocycles. The number of carbonyl (C=O) groups excluding carboxylic acids is 2. The standard InChI is InChI=1S/C31H33FN2O6S/c1-6-38-29(36)16-23-8-7-21(19(2)35)14-27(23)39-18-20-11-24-15-28(32)40-30(24)26(12-20)22-9-10-33-25(13-22)17-34-41(37)31(3,4)5/h7-15,34H,6,16-18H2,1-5H3. The largest absolute Gasteiger partial charge is 0.598 e. The van der Waals surface area contributed by atoms with Gasteiger partial charge in [0.05, 0.1) is 25.3 Å². The summed E-state index contributed by atoms with van der Waals surface area (Å²) in [5.41, 5.74) is 4.15. The number of benzene rings is 2. The monoisotopic (exact) mass is 580 g/mol. The molecule has 0 radical (unpaired) electrons. The molecule has 4 rings (SSSR count). The van der Waals surface area contributed by atoms with E-state index in [0.717, 1.165) is 5.56 Å². The first-order chi connectivity index (χ1) is 19.4. The Balaban J connectivity index is 1.64. The van der Waals surface area contributed by atoms with Crippen molar-refractivity contribution in [1.29, 1.82) is 0 Å². The number of nitrogens with one attached hydrogen (secondary N) is 1. The van der Waals surface area contributed by atoms with Gasteiger partial charge >= 0.3 is 5.97 Å². The lowest BCUT2D eigenvalue weighted by Crippen LogP contribution is -2.39. The zero-order valence-electron chi connectivity index (χ0n) is 23.7. The minimum Gasteiger partial charge on any atom is -0.598 e. The molecule has 0 saturated heterocycles. The number of Topliss-reactive ketones (excluding diaryl/α,β-unsaturated/α-hetero) is 1. The lowest BCUT2D eigenvalue weighted by molar-refractivity contribution is -0.142. The van der Waals surface area contributed by atoms with Crippen LogP contribution in [0.2, 0.25) is 0 Å². The highest BCUT2D eigenvalue weighted by Crippen LogP contribution is 2.33. The Kier molecular flexibility index (Phi) is 9.47. The van der Waals surface area contributed by atoms with E-state index in [1.807, 2.05) is 32.9 Å². The second-order valence-corrected chi connectivity index (χ2v) is 12.6. The molecule has 0 aliphatic rings. The Hall–Kier alpha value is -3.73. The third kappa shape index (κ3) is 7.72. The molecule has 2 heterocycles. The zero-order valence-corrected chi connectivity index (χ0v) is 24.5. The fourth-order valence-corrected chi connectivity index (χ4v) is 4.87. The summed E-state index contributed by atoms with van der Waals surface area (Å²) in [5.74, 6) is -0.154. The van der Waals surface area contributed by atoms with Crippen LogP contribution >= 0.6 is 0 Å². The number of aromatic nitrogens is 1. The van der Waals surface area contributed by atoms with E-state index in [9.17, 15) is 18.5 Å². The van der Waals surface area contributed by atoms with E-state index >= 15 is 0 Å². The predicted octanol–water partition coefficient (Wildman–Crippen LogP) is 6.07. The summed E-state index contributed by atoms with van der Waals surface area (Å²) in [6, 6.07) is 12.8. The molecule has 216 valence electrons. The second-order valence-electron chi connectivity index (χ2n) is 10.5. The van der Waals surface area contributed by atoms with Gasteiger partial charge in [0.1, 0.15) is 22.7 Å². The minimum absolute atomic E-state index is 0.00752. The topological polar surface area (TPSA) is 114 Å². The lowest BCUT2D eigenvalue weighted by Gasteiger charge is -2.23. The Labute approximate surface area is 241 Å². The number of rotatable bonds is 11. The van der Waals surface area contributed by atoms with Gasteiger partial charge < -0.3 is 18.4 Å². The molecule has 1 unspecified atom stereocenters. The van der Waals surface area contributed by atoms with Crippen molar-refractivity contribution in [3.8, 4) is 16.9 Å². The first-order valence-corrected chi connectivity index (χ1v) is 14.3. The number of esters is 1. The minimum atomic E-state index is -1.27. The van der Waals surface area contributed by atoms with Crippen LogP contribution in [0.25, 0.3) is 22.1 Å². The van der Waals surface area contributed by atoms with Crippen molar-refractivity contribution in [2.45, 2.75) is 58.9 Å². The Morgan fingerprint density at radius 1 is 1.12 bits per heavy atom. The quantitative estimate of drug-likeness (QED) is 0.129. The van der Waals surface area contributed by atoms with Gasteiger partial charge in [-0.25, -0.2) is 0 Å². The van der Waals surface area contributed by atoms with Crippen LogP contribution in [0.15, 0.2) is 59.1 Å². The molecule has 0 aliphatic carbocycles. The molecule has 0 saturated carbocycles. The maximum atomic E-state index is 14.2. The molecular weight excluding hydrogens is 547 g/mol. The van der Waals surface area contributed by atoms with Crippen LogP contribution in [0, 0.1) is 6.01 Å². The van der Waals surface area contributed by atoms with Gasteiger partial charge in [0.25, 0.3) is 6.01 Å². The van der Waals surface area contributed by atoms with Crippen molar-refractivity contribution in [2.24, 2.45) is 0 Å². The second kappa shape index (κ2) is 12.8. The van der Waals surface area contributed by atoms with E-state index in [2.05, 4.69) is 9.71 Å². The van der Waals surface area contributed by atoms with Crippen LogP contribution in [0.5, 0.6) is 5.75 Å². The van der Waals surface area contributed by atoms with E-state index < -0.39 is 28.1 Å². The molecule has 0 amide bonds. The van der Waals surface area contributed by atoms with Gasteiger partial charge in [-0.05, 0) is 76.1 Å². The molecule has 8 nitrogen and oxygen atoms in total. The summed E-state index contributed by atoms with van der Waals surface area (Å²) in [6.07, 6.45) is 1.63. The summed E-state index contributed by atoms with van der Waals surface area (Å²) in [7, 11) is 0. The Morgan fingerprint density at radius 3 is 2.61 bits per heavy atom. The fraction of sp³-hybridized carbons (Fsp3) is 0.323. The normalized spacial score (nSPS) is 12.4. The third-order valence-corrected chi connectivity index (χ3v) is 7.74. The molecule has 0 spiro atoms. The van der Waals surface area contributed by atoms with E-state index in [0.29, 0.717) is 44.7 Å². The van der Waals surface area contributed by atoms with Gasteiger partial charge in [0, 0.05) is 45.7 Å². The van der Waals surface area contributed by atoms with Crippen LogP contribution < -0.4 is 9.46 Å². The van der Waals surface area contributed by atoms with Crippen molar-refractivity contribution in [2.75, 3.05) is 6.61 Å². The summed E-state index contributed by atoms with van der Waals surface area (Å²) in [5, 5.41) is 0.549. The SMILES string of the molecule is CCOC(=O)Cc1ccc(C(C)=O)cc1OCc1cc(-c2ccnc(CN[S+]([O-])C(C)(C)C)c2)c2oc(F)cc2c1. The van der Waals surface area contributed by atoms with Crippen LogP contribution in [-0.4, -0.2) is 32.6 Å². The maximum Gasteiger partial charge on any atom is 0.310 e. The predicted molar refractivity (Wildman–Crippen MR) is 155 cm³/mol. The average Bonchev–Trinajstić information content (AvgIpc) is 3.30. The summed E-state index contributed by atoms with van der Waals surface area (Å²) in [6.45, 7) is 9.45. The number of halogens is 1. The van der Waals surface area contributed by atoms with Crippen LogP contribution in [0.3, 0.4) is 0 Å². The number of ketones is 1. The van der Waals surface area contributed by atoms with Crippen LogP contribution in [0.1, 0.15) is 61.8 Å². The number of nitrogens with zero attached hydrogens (tertiary/aromatic N) is 1. The molecule has 4 aromatic rings. The number of furan rings is 1. The van der Waals surface area contributed by atoms with Gasteiger partial charge in [-0.2, -0.15) is 4.39 Å². The van der Waals surface area contributed by atoms with Gasteiger partial charge in [0.15, 0.2) is 5.78 Å². The number of fused-ring (bicyclic) bond motifs is 1. The molecule has 1 atom stereocenters. The van der Waals surface area contributed by atoms with E-state index in [1.54, 1.807) is 43.5 Å². The highest BCUT2D eigenvalue weighted by atomic mass is 32.2. The molecular formula is C31H33FN2O6S. The van der Waals surface area contributed by atoms with Crippen LogP contribution in [-0.2, 0) is 40.5 Å². The molecule has 2 aromatic carbocycles. The number of carbonyl (C=O) groups is 2. The highest BCUT2D eigenvalue weighted by Gasteiger charge is 2.26. The van der Waals surface area contributed by atoms with Crippen molar-refractivity contribution in [3.05, 3.63) is 83.1 Å². The van der Waals surface area contributed by atoms with Crippen molar-refractivity contribution in [1.82, 2.24) is 9.71 Å².